The second kappa shape index (κ2) is 12.8. The van der Waals surface area contributed by atoms with E-state index in [1.807, 2.05) is 0 Å². The number of aryl methyl sites for hydroxylation is 4. The summed E-state index contributed by atoms with van der Waals surface area (Å²) in [4.78, 5) is 0. The molecule has 2 unspecified atom stereocenters. The van der Waals surface area contributed by atoms with Crippen molar-refractivity contribution in [2.24, 2.45) is 11.8 Å². The van der Waals surface area contributed by atoms with Gasteiger partial charge in [-0.25, -0.2) is 0 Å². The Bertz CT molecular complexity index is 1760. The van der Waals surface area contributed by atoms with Gasteiger partial charge in [0, 0.05) is 0 Å². The molecule has 0 heterocycles. The van der Waals surface area contributed by atoms with Crippen LogP contribution in [-0.2, 0) is 20.6 Å². The molecule has 4 aromatic rings. The van der Waals surface area contributed by atoms with E-state index in [0.717, 1.165) is 0 Å². The number of hydrogen-bond acceptors (Lipinski definition) is 0. The summed E-state index contributed by atoms with van der Waals surface area (Å²) in [5.41, 5.74) is 23.9. The molecular formula is C44H53HfSi. The number of fused-ring (bicyclic) bond motifs is 2. The first kappa shape index (κ1) is 33.4. The van der Waals surface area contributed by atoms with Gasteiger partial charge >= 0.3 is 290 Å². The summed E-state index contributed by atoms with van der Waals surface area (Å²) >= 11 is -2.47. The molecule has 237 valence electrons. The third-order valence-corrected chi connectivity index (χ3v) is 41.6. The molecule has 2 aliphatic carbocycles. The second-order valence-corrected chi connectivity index (χ2v) is 43.2. The van der Waals surface area contributed by atoms with E-state index >= 15 is 0 Å². The molecule has 0 radical (unpaired) electrons. The molecular weight excluding hydrogens is 735 g/mol. The fourth-order valence-corrected chi connectivity index (χ4v) is 41.7. The van der Waals surface area contributed by atoms with Crippen LogP contribution in [-0.4, -0.2) is 5.98 Å². The predicted molar refractivity (Wildman–Crippen MR) is 202 cm³/mol. The zero-order valence-electron chi connectivity index (χ0n) is 30.3. The summed E-state index contributed by atoms with van der Waals surface area (Å²) in [5.74, 6) is 0.133. The van der Waals surface area contributed by atoms with E-state index in [1.165, 1.54) is 66.8 Å². The molecule has 0 saturated carbocycles. The van der Waals surface area contributed by atoms with E-state index in [0.29, 0.717) is 19.2 Å². The first-order chi connectivity index (χ1) is 21.8. The SMILES string of the molecule is Cc1cc(C)c(C)c(-c2cccc3c2C=C(C(C)C)[CH]3[Hf]([CH]2C(C(C)C)=Cc3c(-c4cc(C)cc(C)c4C)cccc32)[SiH](C)C)c1. The van der Waals surface area contributed by atoms with Gasteiger partial charge in [0.25, 0.3) is 0 Å². The van der Waals surface area contributed by atoms with Crippen molar-refractivity contribution in [2.45, 2.75) is 89.7 Å². The van der Waals surface area contributed by atoms with Gasteiger partial charge in [-0.15, -0.1) is 0 Å². The predicted octanol–water partition coefficient (Wildman–Crippen LogP) is 12.4. The van der Waals surface area contributed by atoms with Crippen molar-refractivity contribution in [3.8, 4) is 22.3 Å². The molecule has 6 rings (SSSR count). The van der Waals surface area contributed by atoms with Crippen LogP contribution < -0.4 is 0 Å². The van der Waals surface area contributed by atoms with Crippen molar-refractivity contribution >= 4 is 18.1 Å². The van der Waals surface area contributed by atoms with Crippen LogP contribution >= 0.6 is 0 Å². The number of rotatable bonds is 7. The van der Waals surface area contributed by atoms with Gasteiger partial charge in [-0.2, -0.15) is 0 Å². The topological polar surface area (TPSA) is 0 Å². The van der Waals surface area contributed by atoms with E-state index in [-0.39, 0.29) is 0 Å². The van der Waals surface area contributed by atoms with Gasteiger partial charge in [-0.05, 0) is 0 Å². The molecule has 2 aliphatic rings. The molecule has 4 aromatic carbocycles. The molecule has 0 saturated heterocycles. The van der Waals surface area contributed by atoms with Crippen LogP contribution in [0.3, 0.4) is 0 Å². The molecule has 0 bridgehead atoms. The summed E-state index contributed by atoms with van der Waals surface area (Å²) in [5, 5.41) is 0. The molecule has 0 fully saturated rings. The molecule has 0 aliphatic heterocycles. The Morgan fingerprint density at radius 1 is 0.543 bits per heavy atom. The normalized spacial score (nSPS) is 17.1. The fourth-order valence-electron chi connectivity index (χ4n) is 8.54. The first-order valence-electron chi connectivity index (χ1n) is 17.5. The zero-order chi connectivity index (χ0) is 33.2. The minimum absolute atomic E-state index is 0.551. The van der Waals surface area contributed by atoms with Crippen molar-refractivity contribution in [3.63, 3.8) is 0 Å². The van der Waals surface area contributed by atoms with Crippen LogP contribution in [0.5, 0.6) is 0 Å². The van der Waals surface area contributed by atoms with E-state index in [1.54, 1.807) is 22.3 Å². The average Bonchev–Trinajstić information content (AvgIpc) is 3.57. The summed E-state index contributed by atoms with van der Waals surface area (Å²) in [6, 6.07) is 24.1. The maximum absolute atomic E-state index is 2.71. The Labute approximate surface area is 288 Å². The summed E-state index contributed by atoms with van der Waals surface area (Å²) in [6.07, 6.45) is 5.34. The third-order valence-electron chi connectivity index (χ3n) is 11.1. The van der Waals surface area contributed by atoms with Crippen molar-refractivity contribution in [1.29, 1.82) is 0 Å². The Morgan fingerprint density at radius 3 is 1.28 bits per heavy atom. The Morgan fingerprint density at radius 2 is 0.935 bits per heavy atom. The summed E-state index contributed by atoms with van der Waals surface area (Å²) in [6.45, 7) is 28.9. The quantitative estimate of drug-likeness (QED) is 0.164. The van der Waals surface area contributed by atoms with E-state index in [9.17, 15) is 0 Å². The number of benzene rings is 4. The fraction of sp³-hybridized carbons (Fsp3) is 0.364. The van der Waals surface area contributed by atoms with Gasteiger partial charge in [0.1, 0.15) is 0 Å². The van der Waals surface area contributed by atoms with E-state index in [4.69, 9.17) is 0 Å². The summed E-state index contributed by atoms with van der Waals surface area (Å²) in [7, 11) is 0. The molecule has 2 atom stereocenters. The Balaban J connectivity index is 1.56. The molecule has 0 N–H and O–H groups in total. The molecule has 0 nitrogen and oxygen atoms in total. The third kappa shape index (κ3) is 5.66. The number of hydrogen-bond donors (Lipinski definition) is 0. The van der Waals surface area contributed by atoms with Gasteiger partial charge < -0.3 is 0 Å². The van der Waals surface area contributed by atoms with Crippen LogP contribution in [0.2, 0.25) is 13.1 Å². The van der Waals surface area contributed by atoms with Crippen LogP contribution in [0.25, 0.3) is 34.4 Å². The van der Waals surface area contributed by atoms with Gasteiger partial charge in [-0.1, -0.05) is 0 Å². The average molecular weight is 788 g/mol. The molecule has 0 spiro atoms. The molecule has 0 aromatic heterocycles. The zero-order valence-corrected chi connectivity index (χ0v) is 35.1. The first-order valence-corrected chi connectivity index (χ1v) is 30.8. The Hall–Kier alpha value is -2.55. The van der Waals surface area contributed by atoms with Crippen molar-refractivity contribution in [3.05, 3.63) is 127 Å². The van der Waals surface area contributed by atoms with Crippen LogP contribution in [0, 0.1) is 53.4 Å². The van der Waals surface area contributed by atoms with Crippen molar-refractivity contribution in [1.82, 2.24) is 0 Å². The second-order valence-electron chi connectivity index (χ2n) is 15.2. The van der Waals surface area contributed by atoms with Crippen LogP contribution in [0.15, 0.2) is 71.8 Å². The van der Waals surface area contributed by atoms with E-state index in [2.05, 4.69) is 155 Å². The van der Waals surface area contributed by atoms with Crippen molar-refractivity contribution in [2.75, 3.05) is 0 Å². The molecule has 2 heteroatoms. The maximum atomic E-state index is 2.71. The summed E-state index contributed by atoms with van der Waals surface area (Å²) < 4.78 is 1.31. The molecule has 46 heavy (non-hydrogen) atoms. The monoisotopic (exact) mass is 789 g/mol. The van der Waals surface area contributed by atoms with Crippen molar-refractivity contribution < 1.29 is 20.6 Å². The molecule has 0 amide bonds. The number of allylic oxidation sites excluding steroid dienone is 2. The minimum atomic E-state index is -2.47. The van der Waals surface area contributed by atoms with Gasteiger partial charge in [0.2, 0.25) is 0 Å². The van der Waals surface area contributed by atoms with Crippen LogP contribution in [0.1, 0.15) is 90.7 Å². The van der Waals surface area contributed by atoms with Gasteiger partial charge in [-0.3, -0.25) is 0 Å². The van der Waals surface area contributed by atoms with Gasteiger partial charge in [0.05, 0.1) is 0 Å². The van der Waals surface area contributed by atoms with Gasteiger partial charge in [0.15, 0.2) is 0 Å². The standard InChI is InChI=1S/2C21H23.C2H7Si.Hf/c2*1-13(2)18-11-17-7-6-8-19(21(17)12-18)20-10-14(3)9-15(4)16(20)5;1-3-2;/h2*6-13H,1-5H3;3H,1-2H3;. The van der Waals surface area contributed by atoms with E-state index < -0.39 is 26.6 Å². The van der Waals surface area contributed by atoms with Crippen LogP contribution in [0.4, 0.5) is 0 Å². The Kier molecular flexibility index (Phi) is 9.29.